The molecule has 8 rings (SSSR count). The summed E-state index contributed by atoms with van der Waals surface area (Å²) in [7, 11) is -1.34. The van der Waals surface area contributed by atoms with Crippen LogP contribution in [0.1, 0.15) is 25.0 Å². The third-order valence-corrected chi connectivity index (χ3v) is 11.8. The first-order chi connectivity index (χ1) is 23.7. The molecule has 0 aliphatic rings. The van der Waals surface area contributed by atoms with Crippen LogP contribution in [0.25, 0.3) is 60.2 Å². The van der Waals surface area contributed by atoms with Crippen molar-refractivity contribution in [3.8, 4) is 28.3 Å². The Bertz CT molecular complexity index is 2400. The Labute approximate surface area is 314 Å². The van der Waals surface area contributed by atoms with Crippen molar-refractivity contribution in [2.45, 2.75) is 46.8 Å². The summed E-state index contributed by atoms with van der Waals surface area (Å²) in [6, 6.07) is 43.6. The molecule has 1 radical (unpaired) electrons. The molecule has 0 unspecified atom stereocenters. The number of para-hydroxylation sites is 2. The molecule has 253 valence electrons. The van der Waals surface area contributed by atoms with E-state index in [1.54, 1.807) is 11.3 Å². The van der Waals surface area contributed by atoms with Crippen molar-refractivity contribution in [1.82, 2.24) is 14.5 Å². The van der Waals surface area contributed by atoms with Gasteiger partial charge in [-0.2, -0.15) is 0 Å². The first-order valence-electron chi connectivity index (χ1n) is 17.0. The van der Waals surface area contributed by atoms with Gasteiger partial charge in [0.1, 0.15) is 0 Å². The van der Waals surface area contributed by atoms with E-state index in [1.807, 2.05) is 24.3 Å². The van der Waals surface area contributed by atoms with Crippen molar-refractivity contribution < 1.29 is 20.1 Å². The molecule has 3 nitrogen and oxygen atoms in total. The number of hydrogen-bond donors (Lipinski definition) is 0. The number of aryl methyl sites for hydroxylation is 1. The van der Waals surface area contributed by atoms with Crippen molar-refractivity contribution in [3.05, 3.63) is 144 Å². The Hall–Kier alpha value is -4.19. The summed E-state index contributed by atoms with van der Waals surface area (Å²) in [6.07, 6.45) is 3.24. The zero-order valence-corrected chi connectivity index (χ0v) is 33.6. The van der Waals surface area contributed by atoms with Crippen LogP contribution in [0.5, 0.6) is 0 Å². The molecule has 0 saturated heterocycles. The molecule has 0 aliphatic carbocycles. The molecule has 0 bridgehead atoms. The van der Waals surface area contributed by atoms with Gasteiger partial charge < -0.3 is 9.55 Å². The van der Waals surface area contributed by atoms with E-state index in [0.29, 0.717) is 5.92 Å². The Morgan fingerprint density at radius 3 is 2.34 bits per heavy atom. The molecule has 8 aromatic rings. The van der Waals surface area contributed by atoms with E-state index in [9.17, 15) is 0 Å². The maximum atomic E-state index is 5.02. The second-order valence-electron chi connectivity index (χ2n) is 14.2. The Morgan fingerprint density at radius 2 is 1.58 bits per heavy atom. The quantitative estimate of drug-likeness (QED) is 0.123. The van der Waals surface area contributed by atoms with Crippen molar-refractivity contribution >= 4 is 56.5 Å². The average Bonchev–Trinajstić information content (AvgIpc) is 3.69. The zero-order valence-electron chi connectivity index (χ0n) is 29.4. The third kappa shape index (κ3) is 7.45. The van der Waals surface area contributed by atoms with E-state index in [2.05, 4.69) is 159 Å². The topological polar surface area (TPSA) is 30.7 Å². The van der Waals surface area contributed by atoms with Gasteiger partial charge in [0.05, 0.1) is 24.9 Å². The zero-order chi connectivity index (χ0) is 34.1. The van der Waals surface area contributed by atoms with Crippen LogP contribution in [-0.4, -0.2) is 22.6 Å². The summed E-state index contributed by atoms with van der Waals surface area (Å²) in [6.45, 7) is 13.9. The van der Waals surface area contributed by atoms with E-state index in [0.717, 1.165) is 45.8 Å². The predicted octanol–water partition coefficient (Wildman–Crippen LogP) is 11.5. The Balaban J connectivity index is 0.000000182. The number of thiophene rings is 1. The molecule has 5 aromatic carbocycles. The molecule has 50 heavy (non-hydrogen) atoms. The van der Waals surface area contributed by atoms with Gasteiger partial charge >= 0.3 is 0 Å². The molecule has 0 aliphatic heterocycles. The number of benzene rings is 5. The fourth-order valence-electron chi connectivity index (χ4n) is 6.50. The summed E-state index contributed by atoms with van der Waals surface area (Å²) in [5.41, 5.74) is 9.15. The summed E-state index contributed by atoms with van der Waals surface area (Å²) < 4.78 is 3.51. The van der Waals surface area contributed by atoms with E-state index < -0.39 is 8.07 Å². The SMILES string of the molecule is CC(C)Cc1cc(-c2[c-]cccc2)ncc1[Si](C)(C)C.Cc1ccc2c(-c3nc4ccccc4n3-c3ccc4ccccc4c3)[c-]sc2c1.[Ir]. The van der Waals surface area contributed by atoms with Gasteiger partial charge in [-0.25, -0.2) is 0 Å². The van der Waals surface area contributed by atoms with Gasteiger partial charge in [-0.15, -0.1) is 47.3 Å². The van der Waals surface area contributed by atoms with Crippen LogP contribution in [0.2, 0.25) is 19.6 Å². The first kappa shape index (κ1) is 35.6. The van der Waals surface area contributed by atoms with Crippen LogP contribution in [0.15, 0.2) is 121 Å². The van der Waals surface area contributed by atoms with Crippen LogP contribution < -0.4 is 5.19 Å². The number of hydrogen-bond acceptors (Lipinski definition) is 3. The predicted molar refractivity (Wildman–Crippen MR) is 213 cm³/mol. The summed E-state index contributed by atoms with van der Waals surface area (Å²) in [5.74, 6) is 1.61. The van der Waals surface area contributed by atoms with E-state index in [4.69, 9.17) is 4.98 Å². The second kappa shape index (κ2) is 15.0. The van der Waals surface area contributed by atoms with Crippen molar-refractivity contribution in [2.75, 3.05) is 0 Å². The molecule has 6 heteroatoms. The van der Waals surface area contributed by atoms with Crippen LogP contribution in [0.4, 0.5) is 0 Å². The van der Waals surface area contributed by atoms with E-state index in [-0.39, 0.29) is 20.1 Å². The molecular formula is C44H41IrN3SSi-2. The molecule has 0 atom stereocenters. The molecule has 0 amide bonds. The van der Waals surface area contributed by atoms with Crippen molar-refractivity contribution in [1.29, 1.82) is 0 Å². The van der Waals surface area contributed by atoms with Crippen LogP contribution in [-0.2, 0) is 26.5 Å². The summed E-state index contributed by atoms with van der Waals surface area (Å²) in [4.78, 5) is 9.71. The van der Waals surface area contributed by atoms with Gasteiger partial charge in [-0.1, -0.05) is 121 Å². The second-order valence-corrected chi connectivity index (χ2v) is 20.1. The molecule has 3 heterocycles. The minimum atomic E-state index is -1.34. The standard InChI is InChI=1S/C26H17N2S.C18H24NSi.Ir/c1-17-10-13-21-22(16-29-25(21)14-17)26-27-23-8-4-5-9-24(23)28(26)20-12-11-18-6-2-3-7-19(18)15-20;1-14(2)11-16-12-17(15-9-7-6-8-10-15)19-13-18(16)20(3,4)5;/h2-15H,1H3;6-9,12-14H,11H2,1-5H3;/q2*-1;. The molecule has 0 N–H and O–H groups in total. The Morgan fingerprint density at radius 1 is 0.820 bits per heavy atom. The number of rotatable bonds is 6. The van der Waals surface area contributed by atoms with Crippen LogP contribution in [0, 0.1) is 24.3 Å². The molecule has 0 fully saturated rings. The largest absolute Gasteiger partial charge is 0.333 e. The minimum Gasteiger partial charge on any atom is -0.333 e. The van der Waals surface area contributed by atoms with Gasteiger partial charge in [-0.05, 0) is 65.2 Å². The monoisotopic (exact) mass is 864 g/mol. The fourth-order valence-corrected chi connectivity index (χ4v) is 9.03. The van der Waals surface area contributed by atoms with Gasteiger partial charge in [0.25, 0.3) is 0 Å². The van der Waals surface area contributed by atoms with Gasteiger partial charge in [-0.3, -0.25) is 16.3 Å². The van der Waals surface area contributed by atoms with Gasteiger partial charge in [0.2, 0.25) is 0 Å². The fraction of sp³-hybridized carbons (Fsp3) is 0.182. The van der Waals surface area contributed by atoms with E-state index in [1.165, 1.54) is 37.2 Å². The van der Waals surface area contributed by atoms with Crippen molar-refractivity contribution in [3.63, 3.8) is 0 Å². The molecule has 0 saturated carbocycles. The number of imidazole rings is 1. The van der Waals surface area contributed by atoms with Crippen LogP contribution in [0.3, 0.4) is 0 Å². The van der Waals surface area contributed by atoms with Gasteiger partial charge in [0, 0.05) is 32.0 Å². The maximum absolute atomic E-state index is 5.02. The third-order valence-electron chi connectivity index (χ3n) is 8.86. The number of aromatic nitrogens is 3. The summed E-state index contributed by atoms with van der Waals surface area (Å²) in [5, 5.41) is 8.69. The maximum Gasteiger partial charge on any atom is 0.0798 e. The molecular weight excluding hydrogens is 823 g/mol. The van der Waals surface area contributed by atoms with E-state index >= 15 is 0 Å². The van der Waals surface area contributed by atoms with Gasteiger partial charge in [0.15, 0.2) is 0 Å². The normalized spacial score (nSPS) is 11.5. The number of fused-ring (bicyclic) bond motifs is 3. The van der Waals surface area contributed by atoms with Crippen molar-refractivity contribution in [2.24, 2.45) is 5.92 Å². The smallest absolute Gasteiger partial charge is 0.0798 e. The number of nitrogens with zero attached hydrogens (tertiary/aromatic N) is 3. The number of pyridine rings is 1. The summed E-state index contributed by atoms with van der Waals surface area (Å²) >= 11 is 1.66. The molecule has 0 spiro atoms. The average molecular weight is 864 g/mol. The van der Waals surface area contributed by atoms with Crippen LogP contribution >= 0.6 is 11.3 Å². The minimum absolute atomic E-state index is 0. The molecule has 3 aromatic heterocycles. The Kier molecular flexibility index (Phi) is 10.7. The first-order valence-corrected chi connectivity index (χ1v) is 21.3.